The van der Waals surface area contributed by atoms with Crippen LogP contribution in [0.25, 0.3) is 0 Å². The summed E-state index contributed by atoms with van der Waals surface area (Å²) in [4.78, 5) is 33.1. The topological polar surface area (TPSA) is 125 Å². The third-order valence-electron chi connectivity index (χ3n) is 2.66. The number of aliphatic carboxylic acids is 2. The first-order valence-electron chi connectivity index (χ1n) is 6.00. The number of carboxylic acids is 2. The highest BCUT2D eigenvalue weighted by Gasteiger charge is 2.23. The lowest BCUT2D eigenvalue weighted by Crippen LogP contribution is -2.44. The van der Waals surface area contributed by atoms with Gasteiger partial charge < -0.3 is 25.6 Å². The first-order valence-corrected chi connectivity index (χ1v) is 6.00. The fourth-order valence-electron chi connectivity index (χ4n) is 1.59. The summed E-state index contributed by atoms with van der Waals surface area (Å²) in [5.41, 5.74) is 1.18. The van der Waals surface area contributed by atoms with E-state index >= 15 is 0 Å². The fourth-order valence-corrected chi connectivity index (χ4v) is 1.59. The molecule has 0 aliphatic rings. The smallest absolute Gasteiger partial charge is 0.326 e. The molecule has 114 valence electrons. The van der Waals surface area contributed by atoms with Crippen molar-refractivity contribution in [1.82, 2.24) is 5.32 Å². The van der Waals surface area contributed by atoms with E-state index in [0.29, 0.717) is 11.4 Å². The van der Waals surface area contributed by atoms with Crippen LogP contribution in [0.2, 0.25) is 0 Å². The van der Waals surface area contributed by atoms with Gasteiger partial charge in [0.25, 0.3) is 0 Å². The molecule has 0 aliphatic heterocycles. The van der Waals surface area contributed by atoms with E-state index in [9.17, 15) is 14.4 Å². The van der Waals surface area contributed by atoms with E-state index in [0.717, 1.165) is 5.56 Å². The maximum Gasteiger partial charge on any atom is 0.326 e. The van der Waals surface area contributed by atoms with Crippen LogP contribution in [0.3, 0.4) is 0 Å². The van der Waals surface area contributed by atoms with Crippen LogP contribution in [-0.2, 0) is 9.59 Å². The molecular formula is C13H16N2O6. The number of carboxylic acid groups (broad SMARTS) is 2. The molecular weight excluding hydrogens is 280 g/mol. The second kappa shape index (κ2) is 7.13. The Kier molecular flexibility index (Phi) is 5.53. The number of benzene rings is 1. The molecule has 21 heavy (non-hydrogen) atoms. The molecule has 0 bridgehead atoms. The van der Waals surface area contributed by atoms with Crippen molar-refractivity contribution in [2.75, 3.05) is 12.4 Å². The van der Waals surface area contributed by atoms with Crippen molar-refractivity contribution >= 4 is 23.7 Å². The number of nitrogens with one attached hydrogen (secondary N) is 2. The highest BCUT2D eigenvalue weighted by molar-refractivity contribution is 5.94. The van der Waals surface area contributed by atoms with Gasteiger partial charge in [0.1, 0.15) is 11.8 Å². The quantitative estimate of drug-likeness (QED) is 0.622. The molecule has 1 unspecified atom stereocenters. The van der Waals surface area contributed by atoms with Gasteiger partial charge in [-0.05, 0) is 30.7 Å². The normalized spacial score (nSPS) is 11.3. The van der Waals surface area contributed by atoms with Crippen LogP contribution in [-0.4, -0.2) is 41.3 Å². The molecule has 0 aliphatic carbocycles. The van der Waals surface area contributed by atoms with E-state index in [1.54, 1.807) is 25.1 Å². The molecule has 1 atom stereocenters. The number of anilines is 1. The van der Waals surface area contributed by atoms with Gasteiger partial charge in [0.05, 0.1) is 13.5 Å². The zero-order chi connectivity index (χ0) is 16.0. The molecule has 0 spiro atoms. The summed E-state index contributed by atoms with van der Waals surface area (Å²) in [6.07, 6.45) is -0.704. The Morgan fingerprint density at radius 3 is 2.43 bits per heavy atom. The van der Waals surface area contributed by atoms with Gasteiger partial charge in [0, 0.05) is 5.69 Å². The molecule has 2 amide bonds. The van der Waals surface area contributed by atoms with Crippen molar-refractivity contribution in [1.29, 1.82) is 0 Å². The van der Waals surface area contributed by atoms with Crippen LogP contribution in [0.4, 0.5) is 10.5 Å². The number of hydrogen-bond donors (Lipinski definition) is 4. The Morgan fingerprint density at radius 2 is 1.95 bits per heavy atom. The maximum absolute atomic E-state index is 11.7. The van der Waals surface area contributed by atoms with E-state index in [1.807, 2.05) is 0 Å². The standard InChI is InChI=1S/C13H16N2O6/c1-7-5-8(21-2)3-4-9(7)14-13(20)15-10(12(18)19)6-11(16)17/h3-5,10H,6H2,1-2H3,(H,16,17)(H,18,19)(H2,14,15,20). The zero-order valence-electron chi connectivity index (χ0n) is 11.5. The van der Waals surface area contributed by atoms with Crippen molar-refractivity contribution < 1.29 is 29.3 Å². The van der Waals surface area contributed by atoms with Crippen molar-refractivity contribution in [2.24, 2.45) is 0 Å². The molecule has 1 rings (SSSR count). The Morgan fingerprint density at radius 1 is 1.29 bits per heavy atom. The van der Waals surface area contributed by atoms with Crippen LogP contribution in [0, 0.1) is 6.92 Å². The molecule has 0 saturated heterocycles. The van der Waals surface area contributed by atoms with Crippen LogP contribution < -0.4 is 15.4 Å². The Bertz CT molecular complexity index is 558. The molecule has 1 aromatic carbocycles. The second-order valence-corrected chi connectivity index (χ2v) is 4.27. The predicted molar refractivity (Wildman–Crippen MR) is 73.6 cm³/mol. The second-order valence-electron chi connectivity index (χ2n) is 4.27. The summed E-state index contributed by atoms with van der Waals surface area (Å²) in [6.45, 7) is 1.74. The maximum atomic E-state index is 11.7. The number of carbonyl (C=O) groups is 3. The van der Waals surface area contributed by atoms with Crippen LogP contribution >= 0.6 is 0 Å². The minimum Gasteiger partial charge on any atom is -0.497 e. The van der Waals surface area contributed by atoms with Crippen molar-refractivity contribution in [3.05, 3.63) is 23.8 Å². The summed E-state index contributed by atoms with van der Waals surface area (Å²) >= 11 is 0. The molecule has 0 saturated carbocycles. The summed E-state index contributed by atoms with van der Waals surface area (Å²) < 4.78 is 5.02. The van der Waals surface area contributed by atoms with Gasteiger partial charge in [-0.25, -0.2) is 9.59 Å². The SMILES string of the molecule is COc1ccc(NC(=O)NC(CC(=O)O)C(=O)O)c(C)c1. The molecule has 1 aromatic rings. The van der Waals surface area contributed by atoms with E-state index in [1.165, 1.54) is 7.11 Å². The number of amides is 2. The predicted octanol–water partition coefficient (Wildman–Crippen LogP) is 1.05. The average molecular weight is 296 g/mol. The molecule has 0 heterocycles. The number of urea groups is 1. The fraction of sp³-hybridized carbons (Fsp3) is 0.308. The number of aryl methyl sites for hydroxylation is 1. The monoisotopic (exact) mass is 296 g/mol. The Labute approximate surface area is 120 Å². The first-order chi connectivity index (χ1) is 9.83. The van der Waals surface area contributed by atoms with E-state index in [-0.39, 0.29) is 0 Å². The third kappa shape index (κ3) is 5.01. The van der Waals surface area contributed by atoms with E-state index < -0.39 is 30.4 Å². The summed E-state index contributed by atoms with van der Waals surface area (Å²) in [7, 11) is 1.51. The number of rotatable bonds is 6. The molecule has 0 aromatic heterocycles. The lowest BCUT2D eigenvalue weighted by Gasteiger charge is -2.14. The zero-order valence-corrected chi connectivity index (χ0v) is 11.5. The molecule has 8 heteroatoms. The molecule has 0 fully saturated rings. The number of hydrogen-bond acceptors (Lipinski definition) is 4. The van der Waals surface area contributed by atoms with Crippen molar-refractivity contribution in [3.8, 4) is 5.75 Å². The Hall–Kier alpha value is -2.77. The van der Waals surface area contributed by atoms with Crippen LogP contribution in [0.15, 0.2) is 18.2 Å². The van der Waals surface area contributed by atoms with Crippen molar-refractivity contribution in [2.45, 2.75) is 19.4 Å². The van der Waals surface area contributed by atoms with Crippen molar-refractivity contribution in [3.63, 3.8) is 0 Å². The van der Waals surface area contributed by atoms with Gasteiger partial charge >= 0.3 is 18.0 Å². The van der Waals surface area contributed by atoms with Gasteiger partial charge in [-0.1, -0.05) is 0 Å². The van der Waals surface area contributed by atoms with Gasteiger partial charge in [0.15, 0.2) is 0 Å². The molecule has 0 radical (unpaired) electrons. The summed E-state index contributed by atoms with van der Waals surface area (Å²) in [5, 5.41) is 22.0. The molecule has 4 N–H and O–H groups in total. The van der Waals surface area contributed by atoms with E-state index in [2.05, 4.69) is 10.6 Å². The number of carbonyl (C=O) groups excluding carboxylic acids is 1. The Balaban J connectivity index is 2.72. The third-order valence-corrected chi connectivity index (χ3v) is 2.66. The van der Waals surface area contributed by atoms with Crippen LogP contribution in [0.5, 0.6) is 5.75 Å². The number of methoxy groups -OCH3 is 1. The van der Waals surface area contributed by atoms with Gasteiger partial charge in [-0.3, -0.25) is 4.79 Å². The minimum absolute atomic E-state index is 0.466. The summed E-state index contributed by atoms with van der Waals surface area (Å²) in [6, 6.07) is 2.63. The van der Waals surface area contributed by atoms with Gasteiger partial charge in [-0.2, -0.15) is 0 Å². The average Bonchev–Trinajstić information content (AvgIpc) is 2.39. The first kappa shape index (κ1) is 16.3. The highest BCUT2D eigenvalue weighted by atomic mass is 16.5. The lowest BCUT2D eigenvalue weighted by molar-refractivity contribution is -0.145. The summed E-state index contributed by atoms with van der Waals surface area (Å²) in [5.74, 6) is -2.12. The highest BCUT2D eigenvalue weighted by Crippen LogP contribution is 2.20. The van der Waals surface area contributed by atoms with Crippen LogP contribution in [0.1, 0.15) is 12.0 Å². The lowest BCUT2D eigenvalue weighted by atomic mass is 10.2. The number of ether oxygens (including phenoxy) is 1. The minimum atomic E-state index is -1.50. The van der Waals surface area contributed by atoms with Gasteiger partial charge in [0.2, 0.25) is 0 Å². The molecule has 8 nitrogen and oxygen atoms in total. The van der Waals surface area contributed by atoms with Gasteiger partial charge in [-0.15, -0.1) is 0 Å². The van der Waals surface area contributed by atoms with E-state index in [4.69, 9.17) is 14.9 Å². The largest absolute Gasteiger partial charge is 0.497 e.